The lowest BCUT2D eigenvalue weighted by atomic mass is 10.00. The van der Waals surface area contributed by atoms with Crippen molar-refractivity contribution in [3.8, 4) is 0 Å². The molecule has 2 atom stereocenters. The van der Waals surface area contributed by atoms with Gasteiger partial charge in [-0.3, -0.25) is 0 Å². The summed E-state index contributed by atoms with van der Waals surface area (Å²) < 4.78 is 2.34. The zero-order valence-corrected chi connectivity index (χ0v) is 8.96. The Hall–Kier alpha value is -0.370. The number of nitrogens with zero attached hydrogens (tertiary/aromatic N) is 2. The second kappa shape index (κ2) is 3.17. The molecule has 0 radical (unpaired) electrons. The van der Waals surface area contributed by atoms with Gasteiger partial charge in [0.05, 0.1) is 0 Å². The van der Waals surface area contributed by atoms with Crippen LogP contribution in [0, 0.1) is 0 Å². The van der Waals surface area contributed by atoms with E-state index in [-0.39, 0.29) is 5.54 Å². The van der Waals surface area contributed by atoms with Crippen molar-refractivity contribution >= 4 is 6.21 Å². The highest BCUT2D eigenvalue weighted by molar-refractivity contribution is 5.66. The van der Waals surface area contributed by atoms with Crippen LogP contribution in [-0.4, -0.2) is 41.5 Å². The van der Waals surface area contributed by atoms with Crippen LogP contribution in [0.25, 0.3) is 0 Å². The lowest BCUT2D eigenvalue weighted by Crippen LogP contribution is -2.45. The molecule has 2 heteroatoms. The van der Waals surface area contributed by atoms with Crippen LogP contribution in [0.4, 0.5) is 0 Å². The normalized spacial score (nSPS) is 37.1. The fourth-order valence-corrected chi connectivity index (χ4v) is 2.13. The SMILES string of the molecule is CCC1N(C)C(C)(CC)C=[N+]1C. The van der Waals surface area contributed by atoms with Crippen molar-refractivity contribution in [1.82, 2.24) is 4.90 Å². The van der Waals surface area contributed by atoms with E-state index in [1.807, 2.05) is 0 Å². The van der Waals surface area contributed by atoms with Crippen molar-refractivity contribution in [2.45, 2.75) is 45.3 Å². The number of rotatable bonds is 2. The fourth-order valence-electron chi connectivity index (χ4n) is 2.13. The average molecular weight is 169 g/mol. The molecule has 0 saturated heterocycles. The Morgan fingerprint density at radius 2 is 2.08 bits per heavy atom. The lowest BCUT2D eigenvalue weighted by molar-refractivity contribution is -0.546. The zero-order valence-electron chi connectivity index (χ0n) is 8.96. The maximum atomic E-state index is 2.47. The minimum atomic E-state index is 0.273. The van der Waals surface area contributed by atoms with Crippen LogP contribution in [0.5, 0.6) is 0 Å². The van der Waals surface area contributed by atoms with Crippen molar-refractivity contribution in [3.05, 3.63) is 0 Å². The molecule has 0 bridgehead atoms. The first-order valence-electron chi connectivity index (χ1n) is 4.86. The molecule has 0 aliphatic carbocycles. The van der Waals surface area contributed by atoms with Gasteiger partial charge >= 0.3 is 0 Å². The van der Waals surface area contributed by atoms with Gasteiger partial charge in [0, 0.05) is 6.42 Å². The van der Waals surface area contributed by atoms with Crippen LogP contribution in [-0.2, 0) is 0 Å². The van der Waals surface area contributed by atoms with E-state index in [0.29, 0.717) is 6.17 Å². The molecular weight excluding hydrogens is 148 g/mol. The molecular formula is C10H21N2+. The van der Waals surface area contributed by atoms with Crippen molar-refractivity contribution in [1.29, 1.82) is 0 Å². The van der Waals surface area contributed by atoms with Crippen LogP contribution >= 0.6 is 0 Å². The molecule has 0 aromatic rings. The molecule has 70 valence electrons. The van der Waals surface area contributed by atoms with E-state index >= 15 is 0 Å². The molecule has 0 saturated carbocycles. The smallest absolute Gasteiger partial charge is 0.208 e. The number of hydrogen-bond donors (Lipinski definition) is 0. The first-order chi connectivity index (χ1) is 5.55. The number of hydrogen-bond acceptors (Lipinski definition) is 1. The molecule has 0 N–H and O–H groups in total. The molecule has 1 aliphatic heterocycles. The fraction of sp³-hybridized carbons (Fsp3) is 0.900. The summed E-state index contributed by atoms with van der Waals surface area (Å²) in [5.74, 6) is 0. The molecule has 0 amide bonds. The Kier molecular flexibility index (Phi) is 2.57. The van der Waals surface area contributed by atoms with Crippen LogP contribution in [0.2, 0.25) is 0 Å². The highest BCUT2D eigenvalue weighted by Gasteiger charge is 2.42. The Morgan fingerprint density at radius 3 is 2.33 bits per heavy atom. The van der Waals surface area contributed by atoms with E-state index < -0.39 is 0 Å². The molecule has 0 spiro atoms. The average Bonchev–Trinajstić information content (AvgIpc) is 2.25. The third-order valence-electron chi connectivity index (χ3n) is 3.29. The topological polar surface area (TPSA) is 6.25 Å². The van der Waals surface area contributed by atoms with Crippen molar-refractivity contribution < 1.29 is 4.58 Å². The summed E-state index contributed by atoms with van der Waals surface area (Å²) in [6.07, 6.45) is 5.32. The van der Waals surface area contributed by atoms with E-state index in [2.05, 4.69) is 50.6 Å². The van der Waals surface area contributed by atoms with E-state index in [1.165, 1.54) is 12.8 Å². The summed E-state index contributed by atoms with van der Waals surface area (Å²) in [5.41, 5.74) is 0.273. The Labute approximate surface area is 75.9 Å². The molecule has 1 heterocycles. The van der Waals surface area contributed by atoms with Gasteiger partial charge < -0.3 is 0 Å². The van der Waals surface area contributed by atoms with Gasteiger partial charge in [0.25, 0.3) is 0 Å². The molecule has 1 rings (SSSR count). The van der Waals surface area contributed by atoms with E-state index in [4.69, 9.17) is 0 Å². The molecule has 0 fully saturated rings. The van der Waals surface area contributed by atoms with Gasteiger partial charge in [-0.25, -0.2) is 9.48 Å². The largest absolute Gasteiger partial charge is 0.234 e. The quantitative estimate of drug-likeness (QED) is 0.568. The van der Waals surface area contributed by atoms with Crippen molar-refractivity contribution in [2.75, 3.05) is 14.1 Å². The maximum Gasteiger partial charge on any atom is 0.208 e. The zero-order chi connectivity index (χ0) is 9.35. The molecule has 12 heavy (non-hydrogen) atoms. The summed E-state index contributed by atoms with van der Waals surface area (Å²) in [5, 5.41) is 0. The highest BCUT2D eigenvalue weighted by atomic mass is 15.4. The van der Waals surface area contributed by atoms with Crippen LogP contribution < -0.4 is 0 Å². The van der Waals surface area contributed by atoms with Gasteiger partial charge in [-0.2, -0.15) is 0 Å². The summed E-state index contributed by atoms with van der Waals surface area (Å²) >= 11 is 0. The summed E-state index contributed by atoms with van der Waals surface area (Å²) in [7, 11) is 4.39. The molecule has 0 aromatic heterocycles. The van der Waals surface area contributed by atoms with Gasteiger partial charge in [0.2, 0.25) is 6.17 Å². The van der Waals surface area contributed by atoms with Crippen LogP contribution in [0.15, 0.2) is 0 Å². The maximum absolute atomic E-state index is 2.47. The van der Waals surface area contributed by atoms with Gasteiger partial charge in [0.15, 0.2) is 6.21 Å². The molecule has 2 nitrogen and oxygen atoms in total. The van der Waals surface area contributed by atoms with Crippen LogP contribution in [0.1, 0.15) is 33.6 Å². The van der Waals surface area contributed by atoms with E-state index in [9.17, 15) is 0 Å². The second-order valence-electron chi connectivity index (χ2n) is 4.01. The summed E-state index contributed by atoms with van der Waals surface area (Å²) in [4.78, 5) is 2.47. The predicted octanol–water partition coefficient (Wildman–Crippen LogP) is 1.55. The van der Waals surface area contributed by atoms with Crippen LogP contribution in [0.3, 0.4) is 0 Å². The first-order valence-corrected chi connectivity index (χ1v) is 4.86. The van der Waals surface area contributed by atoms with Gasteiger partial charge in [-0.15, -0.1) is 0 Å². The Bertz CT molecular complexity index is 198. The minimum Gasteiger partial charge on any atom is -0.234 e. The van der Waals surface area contributed by atoms with E-state index in [1.54, 1.807) is 0 Å². The highest BCUT2D eigenvalue weighted by Crippen LogP contribution is 2.24. The third kappa shape index (κ3) is 1.28. The summed E-state index contributed by atoms with van der Waals surface area (Å²) in [6, 6.07) is 0. The minimum absolute atomic E-state index is 0.273. The Morgan fingerprint density at radius 1 is 1.50 bits per heavy atom. The lowest BCUT2D eigenvalue weighted by Gasteiger charge is -2.28. The van der Waals surface area contributed by atoms with E-state index in [0.717, 1.165) is 0 Å². The Balaban J connectivity index is 2.86. The third-order valence-corrected chi connectivity index (χ3v) is 3.29. The molecule has 1 aliphatic rings. The predicted molar refractivity (Wildman–Crippen MR) is 52.8 cm³/mol. The van der Waals surface area contributed by atoms with Crippen molar-refractivity contribution in [3.63, 3.8) is 0 Å². The molecule has 2 unspecified atom stereocenters. The van der Waals surface area contributed by atoms with Crippen molar-refractivity contribution in [2.24, 2.45) is 0 Å². The monoisotopic (exact) mass is 169 g/mol. The standard InChI is InChI=1S/C10H21N2/c1-6-9-11(4)8-10(3,7-2)12(9)5/h8-9H,6-7H2,1-5H3/q+1. The van der Waals surface area contributed by atoms with Gasteiger partial charge in [0.1, 0.15) is 12.6 Å². The summed E-state index contributed by atoms with van der Waals surface area (Å²) in [6.45, 7) is 6.80. The van der Waals surface area contributed by atoms with Gasteiger partial charge in [-0.05, 0) is 20.4 Å². The molecule has 0 aromatic carbocycles. The second-order valence-corrected chi connectivity index (χ2v) is 4.01. The first kappa shape index (κ1) is 9.72. The van der Waals surface area contributed by atoms with Gasteiger partial charge in [-0.1, -0.05) is 13.8 Å².